The molecule has 14 heteroatoms. The molecule has 4 atom stereocenters. The fraction of sp³-hybridized carbons (Fsp3) is 0.938. The quantitative estimate of drug-likeness (QED) is 0.0217. The van der Waals surface area contributed by atoms with Gasteiger partial charge in [-0.25, -0.2) is 4.79 Å². The van der Waals surface area contributed by atoms with Crippen LogP contribution < -0.4 is 43.0 Å². The van der Waals surface area contributed by atoms with Crippen molar-refractivity contribution in [3.05, 3.63) is 0 Å². The zero-order chi connectivity index (χ0) is 56.0. The Labute approximate surface area is 484 Å². The van der Waals surface area contributed by atoms with Crippen LogP contribution in [-0.4, -0.2) is 123 Å². The average molecular weight is 1120 g/mol. The number of urea groups is 1. The summed E-state index contributed by atoms with van der Waals surface area (Å²) in [6.07, 6.45) is 51.9. The number of unbranched alkanes of at least 4 members (excludes halogenated alkanes) is 33. The van der Waals surface area contributed by atoms with Crippen LogP contribution in [0.1, 0.15) is 290 Å². The number of rotatable bonds is 60. The summed E-state index contributed by atoms with van der Waals surface area (Å²) in [6.45, 7) is 12.2. The number of carbonyl (C=O) groups excluding carboxylic acids is 4. The molecule has 5 amide bonds. The molecule has 0 bridgehead atoms. The molecule has 78 heavy (non-hydrogen) atoms. The first-order valence-corrected chi connectivity index (χ1v) is 34.8. The molecule has 0 saturated carbocycles. The maximum atomic E-state index is 14.6. The van der Waals surface area contributed by atoms with Gasteiger partial charge in [-0.1, -0.05) is 213 Å². The summed E-state index contributed by atoms with van der Waals surface area (Å²) in [5.41, 5.74) is 5.58. The van der Waals surface area contributed by atoms with Gasteiger partial charge in [-0.2, -0.15) is 11.8 Å². The lowest BCUT2D eigenvalue weighted by Gasteiger charge is -2.28. The monoisotopic (exact) mass is 1120 g/mol. The zero-order valence-electron chi connectivity index (χ0n) is 51.1. The molecule has 0 radical (unpaired) electrons. The normalized spacial score (nSPS) is 16.3. The predicted molar refractivity (Wildman–Crippen MR) is 335 cm³/mol. The van der Waals surface area contributed by atoms with Crippen LogP contribution in [0.5, 0.6) is 0 Å². The molecule has 2 heterocycles. The summed E-state index contributed by atoms with van der Waals surface area (Å²) < 4.78 is 0. The molecule has 0 aromatic heterocycles. The van der Waals surface area contributed by atoms with Crippen LogP contribution in [0.3, 0.4) is 0 Å². The fourth-order valence-electron chi connectivity index (χ4n) is 11.3. The number of nitrogens with zero attached hydrogens (tertiary/aromatic N) is 1. The van der Waals surface area contributed by atoms with Crippen LogP contribution in [-0.2, 0) is 14.4 Å². The van der Waals surface area contributed by atoms with Crippen LogP contribution in [0.2, 0.25) is 0 Å². The molecule has 0 aromatic carbocycles. The highest BCUT2D eigenvalue weighted by Crippen LogP contribution is 2.33. The first-order chi connectivity index (χ1) is 38.4. The van der Waals surface area contributed by atoms with Gasteiger partial charge in [0.1, 0.15) is 6.04 Å². The average Bonchev–Trinajstić information content (AvgIpc) is 4.02. The molecular weight excluding hydrogens is 991 g/mol. The van der Waals surface area contributed by atoms with Gasteiger partial charge in [-0.15, -0.1) is 0 Å². The largest absolute Gasteiger partial charge is 0.356 e. The van der Waals surface area contributed by atoms with Gasteiger partial charge in [0.05, 0.1) is 18.6 Å². The van der Waals surface area contributed by atoms with E-state index in [1.54, 1.807) is 0 Å². The summed E-state index contributed by atoms with van der Waals surface area (Å²) in [7, 11) is 0. The third-order valence-electron chi connectivity index (χ3n) is 16.3. The van der Waals surface area contributed by atoms with Gasteiger partial charge in [0.25, 0.3) is 0 Å². The SMILES string of the molecule is CCCCCCCCCCCCCCCCCCN(CCCCCCCCCCCCCCCCCC)C(=O)C(CCCCNC(=O)CCCC[C@H]1SC[C@@H]2NC(=O)N[C@@H]21)NC(=O)CNCCCNCCCCNCCCN. The highest BCUT2D eigenvalue weighted by molar-refractivity contribution is 8.00. The van der Waals surface area contributed by atoms with E-state index in [0.29, 0.717) is 24.6 Å². The van der Waals surface area contributed by atoms with E-state index in [9.17, 15) is 19.2 Å². The summed E-state index contributed by atoms with van der Waals surface area (Å²) in [5.74, 6) is 0.958. The van der Waals surface area contributed by atoms with Crippen LogP contribution in [0, 0.1) is 0 Å². The molecular formula is C64H127N9O4S. The second-order valence-electron chi connectivity index (χ2n) is 23.6. The lowest BCUT2D eigenvalue weighted by Crippen LogP contribution is -2.51. The lowest BCUT2D eigenvalue weighted by atomic mass is 10.0. The Balaban J connectivity index is 1.86. The van der Waals surface area contributed by atoms with E-state index in [1.165, 1.54) is 180 Å². The van der Waals surface area contributed by atoms with Gasteiger partial charge in [0.2, 0.25) is 17.7 Å². The van der Waals surface area contributed by atoms with Crippen molar-refractivity contribution in [3.63, 3.8) is 0 Å². The van der Waals surface area contributed by atoms with E-state index >= 15 is 0 Å². The number of nitrogens with one attached hydrogen (secondary N) is 7. The minimum absolute atomic E-state index is 0.0577. The van der Waals surface area contributed by atoms with Crippen molar-refractivity contribution in [2.24, 2.45) is 5.73 Å². The number of fused-ring (bicyclic) bond motifs is 1. The minimum atomic E-state index is -0.573. The second kappa shape index (κ2) is 54.1. The molecule has 0 aliphatic carbocycles. The van der Waals surface area contributed by atoms with Crippen molar-refractivity contribution in [2.75, 3.05) is 71.2 Å². The van der Waals surface area contributed by atoms with Crippen molar-refractivity contribution >= 4 is 35.5 Å². The topological polar surface area (TPSA) is 182 Å². The Morgan fingerprint density at radius 3 is 1.46 bits per heavy atom. The van der Waals surface area contributed by atoms with Crippen molar-refractivity contribution < 1.29 is 19.2 Å². The molecule has 9 N–H and O–H groups in total. The number of nitrogens with two attached hydrogens (primary N) is 1. The number of hydrogen-bond acceptors (Lipinski definition) is 9. The fourth-order valence-corrected chi connectivity index (χ4v) is 12.9. The maximum Gasteiger partial charge on any atom is 0.315 e. The summed E-state index contributed by atoms with van der Waals surface area (Å²) in [6, 6.07) is -0.205. The molecule has 2 aliphatic heterocycles. The smallest absolute Gasteiger partial charge is 0.315 e. The Bertz CT molecular complexity index is 1360. The predicted octanol–water partition coefficient (Wildman–Crippen LogP) is 13.1. The third kappa shape index (κ3) is 41.8. The van der Waals surface area contributed by atoms with Gasteiger partial charge in [0, 0.05) is 37.1 Å². The van der Waals surface area contributed by atoms with Crippen molar-refractivity contribution in [1.29, 1.82) is 0 Å². The molecule has 2 rings (SSSR count). The maximum absolute atomic E-state index is 14.6. The number of amides is 5. The van der Waals surface area contributed by atoms with Gasteiger partial charge in [0.15, 0.2) is 0 Å². The van der Waals surface area contributed by atoms with Crippen molar-refractivity contribution in [1.82, 2.24) is 42.1 Å². The Hall–Kier alpha value is -2.13. The number of hydrogen-bond donors (Lipinski definition) is 8. The minimum Gasteiger partial charge on any atom is -0.356 e. The molecule has 0 spiro atoms. The van der Waals surface area contributed by atoms with Gasteiger partial charge >= 0.3 is 6.03 Å². The van der Waals surface area contributed by atoms with Crippen LogP contribution >= 0.6 is 11.8 Å². The first-order valence-electron chi connectivity index (χ1n) is 33.7. The van der Waals surface area contributed by atoms with Gasteiger partial charge in [-0.05, 0) is 110 Å². The van der Waals surface area contributed by atoms with Crippen molar-refractivity contribution in [3.8, 4) is 0 Å². The van der Waals surface area contributed by atoms with E-state index in [0.717, 1.165) is 142 Å². The Morgan fingerprint density at radius 2 is 0.962 bits per heavy atom. The highest BCUT2D eigenvalue weighted by Gasteiger charge is 2.42. The summed E-state index contributed by atoms with van der Waals surface area (Å²) in [5, 5.41) is 23.1. The lowest BCUT2D eigenvalue weighted by molar-refractivity contribution is -0.136. The molecule has 2 aliphatic rings. The van der Waals surface area contributed by atoms with Gasteiger partial charge in [-0.3, -0.25) is 14.4 Å². The summed E-state index contributed by atoms with van der Waals surface area (Å²) >= 11 is 1.92. The second-order valence-corrected chi connectivity index (χ2v) is 24.9. The van der Waals surface area contributed by atoms with Gasteiger partial charge < -0.3 is 47.9 Å². The summed E-state index contributed by atoms with van der Waals surface area (Å²) in [4.78, 5) is 54.8. The van der Waals surface area contributed by atoms with Crippen molar-refractivity contribution in [2.45, 2.75) is 313 Å². The number of carbonyl (C=O) groups is 4. The molecule has 2 fully saturated rings. The van der Waals surface area contributed by atoms with E-state index in [1.807, 2.05) is 11.8 Å². The van der Waals surface area contributed by atoms with E-state index in [-0.39, 0.29) is 42.4 Å². The standard InChI is InChI=1S/C64H127N9O4S/c1-3-5-7-9-11-13-15-17-19-21-23-25-27-29-31-39-53-73(54-40-32-30-28-26-24-22-20-18-16-14-12-10-8-6-4-2)63(76)57(70-61(75)55-68-51-42-50-67-48-38-37-47-66-49-41-46-65)43-35-36-52-69-60(74)45-34-33-44-59-62-58(56-78-59)71-64(77)72-62/h57-59,62,66-68H,3-56,65H2,1-2H3,(H,69,74)(H,70,75)(H2,71,72,77)/t57?,58-,59+,62-/m0/s1. The van der Waals surface area contributed by atoms with E-state index in [2.05, 4.69) is 56.0 Å². The van der Waals surface area contributed by atoms with E-state index in [4.69, 9.17) is 5.73 Å². The van der Waals surface area contributed by atoms with Crippen LogP contribution in [0.25, 0.3) is 0 Å². The molecule has 2 saturated heterocycles. The first kappa shape index (κ1) is 72.0. The molecule has 13 nitrogen and oxygen atoms in total. The zero-order valence-corrected chi connectivity index (χ0v) is 51.9. The van der Waals surface area contributed by atoms with Crippen LogP contribution in [0.4, 0.5) is 4.79 Å². The highest BCUT2D eigenvalue weighted by atomic mass is 32.2. The molecule has 458 valence electrons. The van der Waals surface area contributed by atoms with Crippen LogP contribution in [0.15, 0.2) is 0 Å². The number of thioether (sulfide) groups is 1. The van der Waals surface area contributed by atoms with E-state index < -0.39 is 6.04 Å². The Morgan fingerprint density at radius 1 is 0.513 bits per heavy atom. The Kier molecular flexibility index (Phi) is 50.0. The third-order valence-corrected chi connectivity index (χ3v) is 17.8. The molecule has 0 aromatic rings. The molecule has 1 unspecified atom stereocenters.